The van der Waals surface area contributed by atoms with Crippen molar-refractivity contribution in [2.75, 3.05) is 5.73 Å². The molecule has 2 aromatic heterocycles. The molecule has 0 amide bonds. The van der Waals surface area contributed by atoms with Crippen molar-refractivity contribution in [3.05, 3.63) is 22.9 Å². The molecule has 0 bridgehead atoms. The molecule has 0 spiro atoms. The van der Waals surface area contributed by atoms with Gasteiger partial charge in [-0.3, -0.25) is 9.55 Å². The van der Waals surface area contributed by atoms with E-state index in [0.29, 0.717) is 16.0 Å². The summed E-state index contributed by atoms with van der Waals surface area (Å²) < 4.78 is 1.55. The van der Waals surface area contributed by atoms with Gasteiger partial charge < -0.3 is 5.73 Å². The lowest BCUT2D eigenvalue weighted by Crippen LogP contribution is -2.19. The molecule has 0 aliphatic carbocycles. The number of H-pyrrole nitrogens is 1. The number of nitrogens with zero attached hydrogens (tertiary/aromatic N) is 4. The fraction of sp³-hybridized carbons (Fsp3) is 0.333. The van der Waals surface area contributed by atoms with Gasteiger partial charge in [0.2, 0.25) is 0 Å². The lowest BCUT2D eigenvalue weighted by Gasteiger charge is -2.07. The van der Waals surface area contributed by atoms with E-state index in [1.54, 1.807) is 10.8 Å². The van der Waals surface area contributed by atoms with E-state index in [-0.39, 0.29) is 11.7 Å². The van der Waals surface area contributed by atoms with Gasteiger partial charge in [0.05, 0.1) is 12.4 Å². The minimum Gasteiger partial charge on any atom is -0.382 e. The lowest BCUT2D eigenvalue weighted by molar-refractivity contribution is 0.534. The molecule has 8 heteroatoms. The third-order valence-corrected chi connectivity index (χ3v) is 2.89. The van der Waals surface area contributed by atoms with E-state index in [1.165, 1.54) is 18.0 Å². The monoisotopic (exact) mass is 252 g/mol. The molecule has 0 aliphatic heterocycles. The fourth-order valence-corrected chi connectivity index (χ4v) is 2.26. The topological polar surface area (TPSA) is 102 Å². The molecule has 0 saturated heterocycles. The number of aromatic amines is 1. The Morgan fingerprint density at radius 1 is 1.47 bits per heavy atom. The molecule has 2 rings (SSSR count). The third-order valence-electron chi connectivity index (χ3n) is 2.02. The van der Waals surface area contributed by atoms with Crippen LogP contribution in [0.3, 0.4) is 0 Å². The van der Waals surface area contributed by atoms with Gasteiger partial charge >= 0.3 is 5.69 Å². The molecule has 0 aromatic carbocycles. The van der Waals surface area contributed by atoms with E-state index in [9.17, 15) is 4.79 Å². The zero-order valence-electron chi connectivity index (χ0n) is 9.41. The Labute approximate surface area is 101 Å². The normalized spacial score (nSPS) is 11.0. The molecule has 0 radical (unpaired) electrons. The van der Waals surface area contributed by atoms with Crippen molar-refractivity contribution >= 4 is 17.6 Å². The zero-order valence-corrected chi connectivity index (χ0v) is 10.2. The number of aromatic nitrogens is 5. The highest BCUT2D eigenvalue weighted by molar-refractivity contribution is 7.99. The second-order valence-electron chi connectivity index (χ2n) is 3.66. The van der Waals surface area contributed by atoms with E-state index in [2.05, 4.69) is 20.2 Å². The van der Waals surface area contributed by atoms with Crippen LogP contribution in [0.5, 0.6) is 0 Å². The van der Waals surface area contributed by atoms with E-state index in [4.69, 9.17) is 5.73 Å². The van der Waals surface area contributed by atoms with Crippen molar-refractivity contribution in [1.29, 1.82) is 0 Å². The van der Waals surface area contributed by atoms with Gasteiger partial charge in [0.15, 0.2) is 5.16 Å². The zero-order chi connectivity index (χ0) is 12.4. The van der Waals surface area contributed by atoms with E-state index in [1.807, 2.05) is 13.8 Å². The summed E-state index contributed by atoms with van der Waals surface area (Å²) in [6, 6.07) is 0.0257. The average Bonchev–Trinajstić information content (AvgIpc) is 2.59. The van der Waals surface area contributed by atoms with Crippen LogP contribution >= 0.6 is 11.8 Å². The number of nitrogen functional groups attached to an aromatic ring is 1. The van der Waals surface area contributed by atoms with Gasteiger partial charge in [-0.05, 0) is 25.6 Å². The van der Waals surface area contributed by atoms with E-state index >= 15 is 0 Å². The van der Waals surface area contributed by atoms with E-state index in [0.717, 1.165) is 0 Å². The highest BCUT2D eigenvalue weighted by atomic mass is 32.2. The van der Waals surface area contributed by atoms with Crippen LogP contribution < -0.4 is 11.4 Å². The summed E-state index contributed by atoms with van der Waals surface area (Å²) in [5, 5.41) is 7.50. The van der Waals surface area contributed by atoms with Gasteiger partial charge in [0, 0.05) is 6.04 Å². The highest BCUT2D eigenvalue weighted by Crippen LogP contribution is 2.24. The molecule has 0 saturated carbocycles. The molecule has 2 aromatic rings. The van der Waals surface area contributed by atoms with Crippen molar-refractivity contribution in [1.82, 2.24) is 24.7 Å². The highest BCUT2D eigenvalue weighted by Gasteiger charge is 2.13. The number of hydrogen-bond acceptors (Lipinski definition) is 6. The number of nitrogens with two attached hydrogens (primary N) is 1. The molecule has 0 unspecified atom stereocenters. The minimum atomic E-state index is -0.237. The van der Waals surface area contributed by atoms with Gasteiger partial charge in [0.1, 0.15) is 10.8 Å². The first-order valence-electron chi connectivity index (χ1n) is 5.00. The predicted molar refractivity (Wildman–Crippen MR) is 63.8 cm³/mol. The number of nitrogens with one attached hydrogen (secondary N) is 1. The van der Waals surface area contributed by atoms with Crippen LogP contribution in [0.1, 0.15) is 19.9 Å². The second kappa shape index (κ2) is 4.58. The van der Waals surface area contributed by atoms with Gasteiger partial charge in [-0.2, -0.15) is 0 Å². The molecule has 2 heterocycles. The number of hydrogen-bond donors (Lipinski definition) is 2. The summed E-state index contributed by atoms with van der Waals surface area (Å²) in [7, 11) is 0. The summed E-state index contributed by atoms with van der Waals surface area (Å²) in [5.41, 5.74) is 5.29. The maximum Gasteiger partial charge on any atom is 0.344 e. The lowest BCUT2D eigenvalue weighted by atomic mass is 10.4. The maximum atomic E-state index is 11.5. The fourth-order valence-electron chi connectivity index (χ4n) is 1.32. The molecular weight excluding hydrogens is 240 g/mol. The van der Waals surface area contributed by atoms with Crippen LogP contribution in [0, 0.1) is 0 Å². The van der Waals surface area contributed by atoms with Crippen LogP contribution in [0.15, 0.2) is 27.4 Å². The van der Waals surface area contributed by atoms with Gasteiger partial charge in [-0.1, -0.05) is 0 Å². The van der Waals surface area contributed by atoms with Crippen molar-refractivity contribution < 1.29 is 0 Å². The van der Waals surface area contributed by atoms with Gasteiger partial charge in [-0.15, -0.1) is 5.10 Å². The first-order valence-corrected chi connectivity index (χ1v) is 5.82. The molecule has 3 N–H and O–H groups in total. The number of anilines is 1. The quantitative estimate of drug-likeness (QED) is 0.832. The van der Waals surface area contributed by atoms with Crippen LogP contribution in [-0.4, -0.2) is 24.7 Å². The Hall–Kier alpha value is -1.83. The van der Waals surface area contributed by atoms with E-state index < -0.39 is 0 Å². The van der Waals surface area contributed by atoms with Crippen LogP contribution in [0.2, 0.25) is 0 Å². The SMILES string of the molecule is CC(C)n1c(Sc2cncc(N)n2)n[nH]c1=O. The molecule has 0 aliphatic rings. The van der Waals surface area contributed by atoms with Crippen molar-refractivity contribution in [3.8, 4) is 0 Å². The summed E-state index contributed by atoms with van der Waals surface area (Å²) in [6.45, 7) is 3.82. The molecular formula is C9H12N6OS. The van der Waals surface area contributed by atoms with Crippen molar-refractivity contribution in [2.24, 2.45) is 0 Å². The molecule has 90 valence electrons. The molecule has 0 fully saturated rings. The van der Waals surface area contributed by atoms with Crippen LogP contribution in [0.4, 0.5) is 5.82 Å². The minimum absolute atomic E-state index is 0.0257. The second-order valence-corrected chi connectivity index (χ2v) is 4.65. The van der Waals surface area contributed by atoms with Gasteiger partial charge in [-0.25, -0.2) is 14.9 Å². The van der Waals surface area contributed by atoms with Crippen molar-refractivity contribution in [3.63, 3.8) is 0 Å². The third kappa shape index (κ3) is 2.47. The standard InChI is InChI=1S/C9H12N6OS/c1-5(2)15-8(16)13-14-9(15)17-7-4-11-3-6(10)12-7/h3-5H,1-2H3,(H2,10,12)(H,13,16). The summed E-state index contributed by atoms with van der Waals surface area (Å²) in [4.78, 5) is 19.5. The van der Waals surface area contributed by atoms with Crippen LogP contribution in [-0.2, 0) is 0 Å². The summed E-state index contributed by atoms with van der Waals surface area (Å²) in [5.74, 6) is 0.337. The molecule has 7 nitrogen and oxygen atoms in total. The smallest absolute Gasteiger partial charge is 0.344 e. The predicted octanol–water partition coefficient (Wildman–Crippen LogP) is 0.676. The Morgan fingerprint density at radius 2 is 2.24 bits per heavy atom. The maximum absolute atomic E-state index is 11.5. The Bertz CT molecular complexity index is 575. The van der Waals surface area contributed by atoms with Gasteiger partial charge in [0.25, 0.3) is 0 Å². The Kier molecular flexibility index (Phi) is 3.14. The summed E-state index contributed by atoms with van der Waals surface area (Å²) in [6.07, 6.45) is 3.04. The van der Waals surface area contributed by atoms with Crippen LogP contribution in [0.25, 0.3) is 0 Å². The Balaban J connectivity index is 2.34. The first-order chi connectivity index (χ1) is 8.08. The average molecular weight is 252 g/mol. The summed E-state index contributed by atoms with van der Waals surface area (Å²) >= 11 is 1.24. The number of rotatable bonds is 3. The largest absolute Gasteiger partial charge is 0.382 e. The first kappa shape index (κ1) is 11.6. The van der Waals surface area contributed by atoms with Crippen molar-refractivity contribution in [2.45, 2.75) is 30.1 Å². The molecule has 17 heavy (non-hydrogen) atoms. The Morgan fingerprint density at radius 3 is 2.88 bits per heavy atom. The molecule has 0 atom stereocenters.